The number of sulfonamides is 1. The third kappa shape index (κ3) is 3.75. The molecule has 0 spiro atoms. The first-order valence-electron chi connectivity index (χ1n) is 4.87. The number of benzene rings is 1. The first-order chi connectivity index (χ1) is 8.16. The second-order valence-corrected chi connectivity index (χ2v) is 6.55. The third-order valence-corrected chi connectivity index (χ3v) is 4.08. The summed E-state index contributed by atoms with van der Waals surface area (Å²) in [5.74, 6) is 0. The van der Waals surface area contributed by atoms with Crippen LogP contribution in [0, 0.1) is 0 Å². The Hall–Kier alpha value is -1.00. The van der Waals surface area contributed by atoms with Crippen LogP contribution in [0.15, 0.2) is 28.0 Å². The average molecular weight is 294 g/mol. The van der Waals surface area contributed by atoms with E-state index in [1.165, 1.54) is 6.07 Å². The van der Waals surface area contributed by atoms with Gasteiger partial charge in [-0.05, 0) is 30.5 Å². The van der Waals surface area contributed by atoms with Crippen LogP contribution < -0.4 is 5.14 Å². The van der Waals surface area contributed by atoms with Gasteiger partial charge in [0, 0.05) is 0 Å². The summed E-state index contributed by atoms with van der Waals surface area (Å²) in [6.07, 6.45) is 0.370. The highest BCUT2D eigenvalue weighted by atomic mass is 32.2. The fourth-order valence-corrected chi connectivity index (χ4v) is 2.84. The summed E-state index contributed by atoms with van der Waals surface area (Å²) in [7, 11) is -8.63. The van der Waals surface area contributed by atoms with E-state index < -0.39 is 29.9 Å². The van der Waals surface area contributed by atoms with Gasteiger partial charge < -0.3 is 0 Å². The van der Waals surface area contributed by atoms with Crippen LogP contribution in [0.25, 0.3) is 0 Å². The Morgan fingerprint density at radius 3 is 2.22 bits per heavy atom. The van der Waals surface area contributed by atoms with Gasteiger partial charge in [-0.15, -0.1) is 0 Å². The summed E-state index contributed by atoms with van der Waals surface area (Å²) in [5.41, 5.74) is 0.251. The van der Waals surface area contributed by atoms with Crippen LogP contribution >= 0.6 is 0 Å². The van der Waals surface area contributed by atoms with Gasteiger partial charge in [-0.1, -0.05) is 6.07 Å². The lowest BCUT2D eigenvalue weighted by Crippen LogP contribution is -2.16. The Bertz CT molecular complexity index is 635. The maximum Gasteiger partial charge on any atom is 0.294 e. The SMILES string of the molecule is NS(=O)(=O)c1cc(S(=O)(=O)O)ccc1CCC[O]. The zero-order chi connectivity index (χ0) is 14.0. The van der Waals surface area contributed by atoms with Crippen molar-refractivity contribution in [2.45, 2.75) is 22.6 Å². The van der Waals surface area contributed by atoms with Gasteiger partial charge in [0.25, 0.3) is 10.1 Å². The minimum atomic E-state index is -4.50. The Labute approximate surface area is 105 Å². The first kappa shape index (κ1) is 15.1. The number of hydrogen-bond acceptors (Lipinski definition) is 4. The Morgan fingerprint density at radius 2 is 1.78 bits per heavy atom. The van der Waals surface area contributed by atoms with Crippen LogP contribution in [0.1, 0.15) is 12.0 Å². The van der Waals surface area contributed by atoms with Gasteiger partial charge in [0.05, 0.1) is 16.4 Å². The molecule has 0 bridgehead atoms. The predicted molar refractivity (Wildman–Crippen MR) is 61.5 cm³/mol. The summed E-state index contributed by atoms with van der Waals surface area (Å²) in [5, 5.41) is 15.3. The molecule has 1 aromatic carbocycles. The van der Waals surface area contributed by atoms with Gasteiger partial charge in [-0.3, -0.25) is 4.55 Å². The summed E-state index contributed by atoms with van der Waals surface area (Å²) >= 11 is 0. The molecule has 1 rings (SSSR count). The van der Waals surface area contributed by atoms with Crippen molar-refractivity contribution in [3.05, 3.63) is 23.8 Å². The van der Waals surface area contributed by atoms with Gasteiger partial charge in [0.1, 0.15) is 0 Å². The molecular weight excluding hydrogens is 282 g/mol. The molecule has 0 fully saturated rings. The van der Waals surface area contributed by atoms with Gasteiger partial charge in [-0.2, -0.15) is 8.42 Å². The largest absolute Gasteiger partial charge is 0.294 e. The Kier molecular flexibility index (Phi) is 4.46. The molecule has 0 aromatic heterocycles. The molecule has 0 amide bonds. The van der Waals surface area contributed by atoms with Crippen LogP contribution in [-0.4, -0.2) is 28.0 Å². The summed E-state index contributed by atoms with van der Waals surface area (Å²) in [6.45, 7) is -0.385. The van der Waals surface area contributed by atoms with Crippen LogP contribution in [0.4, 0.5) is 0 Å². The highest BCUT2D eigenvalue weighted by Crippen LogP contribution is 2.20. The van der Waals surface area contributed by atoms with Crippen LogP contribution in [0.3, 0.4) is 0 Å². The molecule has 1 radical (unpaired) electrons. The third-order valence-electron chi connectivity index (χ3n) is 2.23. The molecule has 101 valence electrons. The Balaban J connectivity index is 3.40. The minimum absolute atomic E-state index is 0.168. The zero-order valence-corrected chi connectivity index (χ0v) is 10.9. The van der Waals surface area contributed by atoms with Gasteiger partial charge in [-0.25, -0.2) is 18.7 Å². The number of nitrogens with two attached hydrogens (primary N) is 1. The standard InChI is InChI=1S/C9H12NO6S2/c10-17(12,13)9-6-8(18(14,15)16)4-3-7(9)2-1-5-11/h3-4,6H,1-2,5H2,(H2,10,12,13)(H,14,15,16). The van der Waals surface area contributed by atoms with E-state index in [-0.39, 0.29) is 25.0 Å². The van der Waals surface area contributed by atoms with Gasteiger partial charge in [0.15, 0.2) is 0 Å². The van der Waals surface area contributed by atoms with E-state index in [0.717, 1.165) is 12.1 Å². The Morgan fingerprint density at radius 1 is 1.17 bits per heavy atom. The fraction of sp³-hybridized carbons (Fsp3) is 0.333. The summed E-state index contributed by atoms with van der Waals surface area (Å²) < 4.78 is 53.3. The molecule has 0 aliphatic rings. The van der Waals surface area contributed by atoms with Crippen LogP contribution in [-0.2, 0) is 31.7 Å². The molecule has 0 atom stereocenters. The molecule has 0 heterocycles. The van der Waals surface area contributed by atoms with Crippen molar-refractivity contribution in [2.75, 3.05) is 6.61 Å². The van der Waals surface area contributed by atoms with E-state index in [1.807, 2.05) is 0 Å². The van der Waals surface area contributed by atoms with Crippen molar-refractivity contribution in [1.82, 2.24) is 0 Å². The van der Waals surface area contributed by atoms with E-state index in [4.69, 9.17) is 9.69 Å². The number of rotatable bonds is 5. The quantitative estimate of drug-likeness (QED) is 0.734. The number of primary sulfonamides is 1. The van der Waals surface area contributed by atoms with Crippen LogP contribution in [0.5, 0.6) is 0 Å². The minimum Gasteiger partial charge on any atom is -0.282 e. The van der Waals surface area contributed by atoms with E-state index in [0.29, 0.717) is 0 Å². The molecule has 0 saturated heterocycles. The van der Waals surface area contributed by atoms with E-state index >= 15 is 0 Å². The van der Waals surface area contributed by atoms with Crippen molar-refractivity contribution in [3.8, 4) is 0 Å². The monoisotopic (exact) mass is 294 g/mol. The summed E-state index contributed by atoms with van der Waals surface area (Å²) in [4.78, 5) is -0.955. The molecule has 0 aliphatic heterocycles. The number of aryl methyl sites for hydroxylation is 1. The smallest absolute Gasteiger partial charge is 0.282 e. The lowest BCUT2D eigenvalue weighted by molar-refractivity contribution is 0.189. The fourth-order valence-electron chi connectivity index (χ4n) is 1.43. The highest BCUT2D eigenvalue weighted by molar-refractivity contribution is 7.89. The van der Waals surface area contributed by atoms with Crippen molar-refractivity contribution in [1.29, 1.82) is 0 Å². The average Bonchev–Trinajstić information content (AvgIpc) is 2.23. The van der Waals surface area contributed by atoms with E-state index in [1.54, 1.807) is 0 Å². The van der Waals surface area contributed by atoms with Crippen molar-refractivity contribution in [3.63, 3.8) is 0 Å². The zero-order valence-electron chi connectivity index (χ0n) is 9.24. The van der Waals surface area contributed by atoms with Crippen molar-refractivity contribution < 1.29 is 26.5 Å². The second kappa shape index (κ2) is 5.33. The number of hydrogen-bond donors (Lipinski definition) is 2. The molecule has 18 heavy (non-hydrogen) atoms. The normalized spacial score (nSPS) is 12.6. The highest BCUT2D eigenvalue weighted by Gasteiger charge is 2.18. The summed E-state index contributed by atoms with van der Waals surface area (Å²) in [6, 6.07) is 3.06. The second-order valence-electron chi connectivity index (χ2n) is 3.60. The van der Waals surface area contributed by atoms with E-state index in [2.05, 4.69) is 0 Å². The predicted octanol–water partition coefficient (Wildman–Crippen LogP) is -0.0562. The molecule has 7 nitrogen and oxygen atoms in total. The molecule has 1 aromatic rings. The molecule has 0 saturated carbocycles. The molecular formula is C9H12NO6S2. The maximum atomic E-state index is 11.3. The maximum absolute atomic E-state index is 11.3. The lowest BCUT2D eigenvalue weighted by Gasteiger charge is -2.08. The topological polar surface area (TPSA) is 134 Å². The molecule has 9 heteroatoms. The van der Waals surface area contributed by atoms with Crippen molar-refractivity contribution in [2.24, 2.45) is 5.14 Å². The lowest BCUT2D eigenvalue weighted by atomic mass is 10.1. The molecule has 0 aliphatic carbocycles. The molecule has 0 unspecified atom stereocenters. The molecule has 3 N–H and O–H groups in total. The van der Waals surface area contributed by atoms with Crippen LogP contribution in [0.2, 0.25) is 0 Å². The van der Waals surface area contributed by atoms with Crippen molar-refractivity contribution >= 4 is 20.1 Å². The first-order valence-corrected chi connectivity index (χ1v) is 7.86. The van der Waals surface area contributed by atoms with Gasteiger partial charge >= 0.3 is 0 Å². The van der Waals surface area contributed by atoms with Gasteiger partial charge in [0.2, 0.25) is 10.0 Å². The van der Waals surface area contributed by atoms with E-state index in [9.17, 15) is 21.9 Å².